The maximum atomic E-state index is 12.1. The van der Waals surface area contributed by atoms with Gasteiger partial charge in [-0.05, 0) is 42.3 Å². The summed E-state index contributed by atoms with van der Waals surface area (Å²) in [5.74, 6) is 0.106. The van der Waals surface area contributed by atoms with Crippen molar-refractivity contribution in [2.75, 3.05) is 26.6 Å². The first-order valence-electron chi connectivity index (χ1n) is 7.93. The highest BCUT2D eigenvalue weighted by molar-refractivity contribution is 6.39. The molecule has 0 aromatic heterocycles. The van der Waals surface area contributed by atoms with Crippen LogP contribution in [0.25, 0.3) is 0 Å². The third-order valence-electron chi connectivity index (χ3n) is 3.71. The molecule has 2 N–H and O–H groups in total. The monoisotopic (exact) mass is 358 g/mol. The van der Waals surface area contributed by atoms with Crippen LogP contribution in [0.4, 0.5) is 5.69 Å². The third-order valence-corrected chi connectivity index (χ3v) is 3.71. The van der Waals surface area contributed by atoms with Crippen LogP contribution in [0.15, 0.2) is 36.4 Å². The van der Waals surface area contributed by atoms with Crippen molar-refractivity contribution in [1.82, 2.24) is 5.32 Å². The molecule has 2 aromatic rings. The number of rotatable bonds is 6. The SMILES string of the molecule is COc1ccc(C)cc1NC(=O)C(=O)NCc1ccc(OC)c(OC)c1. The maximum absolute atomic E-state index is 12.1. The number of nitrogens with one attached hydrogen (secondary N) is 2. The van der Waals surface area contributed by atoms with Crippen LogP contribution in [0.1, 0.15) is 11.1 Å². The standard InChI is InChI=1S/C19H22N2O5/c1-12-5-7-15(24-2)14(9-12)21-19(23)18(22)20-11-13-6-8-16(25-3)17(10-13)26-4/h5-10H,11H2,1-4H3,(H,20,22)(H,21,23). The van der Waals surface area contributed by atoms with Gasteiger partial charge in [0.2, 0.25) is 0 Å². The zero-order valence-electron chi connectivity index (χ0n) is 15.2. The Kier molecular flexibility index (Phi) is 6.43. The molecule has 0 unspecified atom stereocenters. The summed E-state index contributed by atoms with van der Waals surface area (Å²) in [4.78, 5) is 24.2. The first kappa shape index (κ1) is 19.1. The van der Waals surface area contributed by atoms with E-state index in [1.807, 2.05) is 13.0 Å². The molecule has 0 bridgehead atoms. The van der Waals surface area contributed by atoms with Crippen molar-refractivity contribution in [1.29, 1.82) is 0 Å². The van der Waals surface area contributed by atoms with Gasteiger partial charge in [-0.1, -0.05) is 12.1 Å². The van der Waals surface area contributed by atoms with Crippen molar-refractivity contribution < 1.29 is 23.8 Å². The van der Waals surface area contributed by atoms with E-state index in [1.165, 1.54) is 14.2 Å². The summed E-state index contributed by atoms with van der Waals surface area (Å²) in [6, 6.07) is 10.6. The van der Waals surface area contributed by atoms with Gasteiger partial charge in [-0.15, -0.1) is 0 Å². The number of carbonyl (C=O) groups is 2. The van der Waals surface area contributed by atoms with Crippen LogP contribution in [-0.4, -0.2) is 33.1 Å². The third kappa shape index (κ3) is 4.66. The van der Waals surface area contributed by atoms with E-state index in [4.69, 9.17) is 14.2 Å². The molecule has 2 rings (SSSR count). The second-order valence-corrected chi connectivity index (χ2v) is 5.53. The minimum Gasteiger partial charge on any atom is -0.495 e. The van der Waals surface area contributed by atoms with Crippen molar-refractivity contribution in [2.45, 2.75) is 13.5 Å². The molecule has 2 amide bonds. The lowest BCUT2D eigenvalue weighted by molar-refractivity contribution is -0.136. The molecule has 138 valence electrons. The Bertz CT molecular complexity index is 805. The van der Waals surface area contributed by atoms with E-state index in [9.17, 15) is 9.59 Å². The highest BCUT2D eigenvalue weighted by Crippen LogP contribution is 2.27. The van der Waals surface area contributed by atoms with Gasteiger partial charge in [-0.25, -0.2) is 0 Å². The summed E-state index contributed by atoms with van der Waals surface area (Å²) in [7, 11) is 4.57. The van der Waals surface area contributed by atoms with E-state index in [1.54, 1.807) is 37.4 Å². The lowest BCUT2D eigenvalue weighted by Gasteiger charge is -2.12. The number of benzene rings is 2. The fraction of sp³-hybridized carbons (Fsp3) is 0.263. The molecule has 0 radical (unpaired) electrons. The zero-order chi connectivity index (χ0) is 19.1. The predicted molar refractivity (Wildman–Crippen MR) is 97.8 cm³/mol. The van der Waals surface area contributed by atoms with Crippen molar-refractivity contribution in [3.8, 4) is 17.2 Å². The lowest BCUT2D eigenvalue weighted by atomic mass is 10.2. The van der Waals surface area contributed by atoms with Crippen LogP contribution in [0, 0.1) is 6.92 Å². The van der Waals surface area contributed by atoms with Gasteiger partial charge in [-0.3, -0.25) is 9.59 Å². The number of carbonyl (C=O) groups excluding carboxylic acids is 2. The summed E-state index contributed by atoms with van der Waals surface area (Å²) in [5.41, 5.74) is 2.16. The number of amides is 2. The minimum absolute atomic E-state index is 0.178. The Hall–Kier alpha value is -3.22. The van der Waals surface area contributed by atoms with Crippen LogP contribution in [0.5, 0.6) is 17.2 Å². The van der Waals surface area contributed by atoms with E-state index in [0.717, 1.165) is 11.1 Å². The van der Waals surface area contributed by atoms with E-state index in [-0.39, 0.29) is 6.54 Å². The van der Waals surface area contributed by atoms with Crippen LogP contribution in [0.2, 0.25) is 0 Å². The summed E-state index contributed by atoms with van der Waals surface area (Å²) in [6.45, 7) is 2.06. The molecule has 0 aliphatic heterocycles. The van der Waals surface area contributed by atoms with Gasteiger partial charge >= 0.3 is 11.8 Å². The topological polar surface area (TPSA) is 85.9 Å². The highest BCUT2D eigenvalue weighted by atomic mass is 16.5. The maximum Gasteiger partial charge on any atom is 0.313 e. The molecule has 0 heterocycles. The zero-order valence-corrected chi connectivity index (χ0v) is 15.2. The van der Waals surface area contributed by atoms with Crippen LogP contribution < -0.4 is 24.8 Å². The molecule has 0 saturated carbocycles. The van der Waals surface area contributed by atoms with Gasteiger partial charge in [0.15, 0.2) is 11.5 Å². The molecule has 26 heavy (non-hydrogen) atoms. The van der Waals surface area contributed by atoms with Crippen LogP contribution >= 0.6 is 0 Å². The smallest absolute Gasteiger partial charge is 0.313 e. The van der Waals surface area contributed by atoms with Crippen LogP contribution in [-0.2, 0) is 16.1 Å². The molecular weight excluding hydrogens is 336 g/mol. The van der Waals surface area contributed by atoms with Crippen LogP contribution in [0.3, 0.4) is 0 Å². The van der Waals surface area contributed by atoms with Crippen molar-refractivity contribution in [2.24, 2.45) is 0 Å². The van der Waals surface area contributed by atoms with Gasteiger partial charge in [0.05, 0.1) is 27.0 Å². The fourth-order valence-electron chi connectivity index (χ4n) is 2.35. The predicted octanol–water partition coefficient (Wildman–Crippen LogP) is 2.28. The quantitative estimate of drug-likeness (QED) is 0.774. The Morgan fingerprint density at radius 1 is 0.846 bits per heavy atom. The van der Waals surface area contributed by atoms with Gasteiger partial charge in [0.1, 0.15) is 5.75 Å². The van der Waals surface area contributed by atoms with E-state index >= 15 is 0 Å². The Morgan fingerprint density at radius 2 is 1.50 bits per heavy atom. The normalized spacial score (nSPS) is 10.0. The van der Waals surface area contributed by atoms with Crippen molar-refractivity contribution in [3.63, 3.8) is 0 Å². The van der Waals surface area contributed by atoms with E-state index < -0.39 is 11.8 Å². The molecule has 0 fully saturated rings. The number of hydrogen-bond acceptors (Lipinski definition) is 5. The molecule has 0 atom stereocenters. The lowest BCUT2D eigenvalue weighted by Crippen LogP contribution is -2.35. The first-order valence-corrected chi connectivity index (χ1v) is 7.93. The molecule has 0 saturated heterocycles. The average Bonchev–Trinajstić information content (AvgIpc) is 2.65. The molecule has 0 spiro atoms. The fourth-order valence-corrected chi connectivity index (χ4v) is 2.35. The number of hydrogen-bond donors (Lipinski definition) is 2. The van der Waals surface area contributed by atoms with Gasteiger partial charge in [0, 0.05) is 6.54 Å². The van der Waals surface area contributed by atoms with Gasteiger partial charge in [-0.2, -0.15) is 0 Å². The largest absolute Gasteiger partial charge is 0.495 e. The van der Waals surface area contributed by atoms with Gasteiger partial charge < -0.3 is 24.8 Å². The van der Waals surface area contributed by atoms with Crippen molar-refractivity contribution >= 4 is 17.5 Å². The highest BCUT2D eigenvalue weighted by Gasteiger charge is 2.16. The van der Waals surface area contributed by atoms with E-state index in [2.05, 4.69) is 10.6 Å². The summed E-state index contributed by atoms with van der Waals surface area (Å²) in [5, 5.41) is 5.13. The molecule has 2 aromatic carbocycles. The number of ether oxygens (including phenoxy) is 3. The first-order chi connectivity index (χ1) is 12.5. The number of aryl methyl sites for hydroxylation is 1. The summed E-state index contributed by atoms with van der Waals surface area (Å²) < 4.78 is 15.6. The van der Waals surface area contributed by atoms with Crippen molar-refractivity contribution in [3.05, 3.63) is 47.5 Å². The summed E-state index contributed by atoms with van der Waals surface area (Å²) >= 11 is 0. The molecule has 0 aliphatic rings. The minimum atomic E-state index is -0.769. The van der Waals surface area contributed by atoms with E-state index in [0.29, 0.717) is 22.9 Å². The molecule has 7 nitrogen and oxygen atoms in total. The molecule has 7 heteroatoms. The second-order valence-electron chi connectivity index (χ2n) is 5.53. The Balaban J connectivity index is 2.00. The summed E-state index contributed by atoms with van der Waals surface area (Å²) in [6.07, 6.45) is 0. The number of methoxy groups -OCH3 is 3. The second kappa shape index (κ2) is 8.75. The Labute approximate surface area is 152 Å². The Morgan fingerprint density at radius 3 is 2.15 bits per heavy atom. The average molecular weight is 358 g/mol. The molecule has 0 aliphatic carbocycles. The van der Waals surface area contributed by atoms with Gasteiger partial charge in [0.25, 0.3) is 0 Å². The molecular formula is C19H22N2O5. The number of anilines is 1.